The lowest BCUT2D eigenvalue weighted by Crippen LogP contribution is -2.47. The number of anilines is 1. The first kappa shape index (κ1) is 18.4. The number of benzene rings is 2. The molecule has 25 heavy (non-hydrogen) atoms. The number of hydrogen-bond acceptors (Lipinski definition) is 5. The molecule has 1 aliphatic rings. The van der Waals surface area contributed by atoms with Gasteiger partial charge in [0.2, 0.25) is 0 Å². The van der Waals surface area contributed by atoms with Gasteiger partial charge in [0.15, 0.2) is 9.84 Å². The van der Waals surface area contributed by atoms with E-state index in [9.17, 15) is 21.9 Å². The molecule has 1 heterocycles. The van der Waals surface area contributed by atoms with Crippen molar-refractivity contribution >= 4 is 41.5 Å². The highest BCUT2D eigenvalue weighted by Gasteiger charge is 2.44. The van der Waals surface area contributed by atoms with Crippen molar-refractivity contribution in [3.63, 3.8) is 0 Å². The summed E-state index contributed by atoms with van der Waals surface area (Å²) in [5.74, 6) is -0.865. The van der Waals surface area contributed by atoms with Crippen LogP contribution in [0.1, 0.15) is 0 Å². The van der Waals surface area contributed by atoms with Crippen LogP contribution in [0, 0.1) is 0 Å². The van der Waals surface area contributed by atoms with Gasteiger partial charge >= 0.3 is 0 Å². The molecule has 0 aliphatic carbocycles. The standard InChI is InChI=1S/C16H16BrNO5S2/c17-12-6-8-14(9-7-12)25(22,23)18(13-4-2-1-3-5-13)15-10-24(20,21)11-16(15)19/h1-9,15-16,19H,10-11H2/t15-,16-/m0/s1. The highest BCUT2D eigenvalue weighted by Crippen LogP contribution is 2.31. The first-order valence-electron chi connectivity index (χ1n) is 7.44. The third-order valence-corrected chi connectivity index (χ3v) is 8.07. The fourth-order valence-electron chi connectivity index (χ4n) is 2.84. The van der Waals surface area contributed by atoms with Crippen molar-refractivity contribution in [3.05, 3.63) is 59.1 Å². The van der Waals surface area contributed by atoms with Crippen LogP contribution in [0.5, 0.6) is 0 Å². The normalized spacial score (nSPS) is 22.6. The average molecular weight is 446 g/mol. The summed E-state index contributed by atoms with van der Waals surface area (Å²) in [6.45, 7) is 0. The number of aliphatic hydroxyl groups excluding tert-OH is 1. The van der Waals surface area contributed by atoms with Gasteiger partial charge in [0, 0.05) is 4.47 Å². The molecule has 1 aliphatic heterocycles. The second-order valence-corrected chi connectivity index (χ2v) is 10.7. The number of halogens is 1. The maximum Gasteiger partial charge on any atom is 0.264 e. The lowest BCUT2D eigenvalue weighted by atomic mass is 10.2. The molecule has 2 aromatic carbocycles. The number of hydrogen-bond donors (Lipinski definition) is 1. The molecule has 9 heteroatoms. The molecule has 2 atom stereocenters. The molecular weight excluding hydrogens is 430 g/mol. The minimum Gasteiger partial charge on any atom is -0.390 e. The minimum absolute atomic E-state index is 0.0241. The molecule has 0 amide bonds. The third kappa shape index (κ3) is 3.74. The number of aliphatic hydroxyl groups is 1. The lowest BCUT2D eigenvalue weighted by Gasteiger charge is -2.31. The molecule has 0 radical (unpaired) electrons. The van der Waals surface area contributed by atoms with Crippen LogP contribution in [-0.2, 0) is 19.9 Å². The number of sulfonamides is 1. The smallest absolute Gasteiger partial charge is 0.264 e. The maximum absolute atomic E-state index is 13.2. The Hall–Kier alpha value is -1.42. The van der Waals surface area contributed by atoms with Gasteiger partial charge in [-0.1, -0.05) is 34.1 Å². The summed E-state index contributed by atoms with van der Waals surface area (Å²) in [6.07, 6.45) is -1.28. The van der Waals surface area contributed by atoms with Crippen LogP contribution in [0.2, 0.25) is 0 Å². The lowest BCUT2D eigenvalue weighted by molar-refractivity contribution is 0.184. The topological polar surface area (TPSA) is 91.8 Å². The van der Waals surface area contributed by atoms with E-state index < -0.39 is 43.5 Å². The van der Waals surface area contributed by atoms with Crippen LogP contribution < -0.4 is 4.31 Å². The molecule has 3 rings (SSSR count). The summed E-state index contributed by atoms with van der Waals surface area (Å²) in [5.41, 5.74) is 0.312. The Morgan fingerprint density at radius 1 is 1.00 bits per heavy atom. The average Bonchev–Trinajstić information content (AvgIpc) is 2.81. The fourth-order valence-corrected chi connectivity index (χ4v) is 6.64. The summed E-state index contributed by atoms with van der Waals surface area (Å²) < 4.78 is 51.9. The first-order valence-corrected chi connectivity index (χ1v) is 11.5. The molecule has 0 spiro atoms. The van der Waals surface area contributed by atoms with E-state index in [0.717, 1.165) is 8.78 Å². The quantitative estimate of drug-likeness (QED) is 0.774. The van der Waals surface area contributed by atoms with Crippen LogP contribution >= 0.6 is 15.9 Å². The van der Waals surface area contributed by atoms with E-state index in [1.807, 2.05) is 0 Å². The predicted octanol–water partition coefficient (Wildman–Crippen LogP) is 1.80. The van der Waals surface area contributed by atoms with Crippen molar-refractivity contribution in [1.29, 1.82) is 0 Å². The van der Waals surface area contributed by atoms with Crippen LogP contribution in [0.3, 0.4) is 0 Å². The van der Waals surface area contributed by atoms with Crippen molar-refractivity contribution < 1.29 is 21.9 Å². The summed E-state index contributed by atoms with van der Waals surface area (Å²) in [4.78, 5) is 0.0241. The van der Waals surface area contributed by atoms with Crippen LogP contribution in [0.4, 0.5) is 5.69 Å². The van der Waals surface area contributed by atoms with Crippen molar-refractivity contribution in [3.8, 4) is 0 Å². The zero-order chi connectivity index (χ0) is 18.2. The molecule has 0 saturated carbocycles. The number of nitrogens with zero attached hydrogens (tertiary/aromatic N) is 1. The van der Waals surface area contributed by atoms with Crippen LogP contribution in [0.15, 0.2) is 64.0 Å². The molecule has 2 aromatic rings. The van der Waals surface area contributed by atoms with Crippen molar-refractivity contribution in [2.45, 2.75) is 17.0 Å². The molecule has 134 valence electrons. The van der Waals surface area contributed by atoms with E-state index in [1.54, 1.807) is 42.5 Å². The fraction of sp³-hybridized carbons (Fsp3) is 0.250. The zero-order valence-corrected chi connectivity index (χ0v) is 16.2. The van der Waals surface area contributed by atoms with Crippen molar-refractivity contribution in [1.82, 2.24) is 0 Å². The third-order valence-electron chi connectivity index (χ3n) is 3.98. The predicted molar refractivity (Wildman–Crippen MR) is 98.7 cm³/mol. The molecular formula is C16H16BrNO5S2. The molecule has 6 nitrogen and oxygen atoms in total. The van der Waals surface area contributed by atoms with E-state index in [2.05, 4.69) is 15.9 Å². The summed E-state index contributed by atoms with van der Waals surface area (Å²) in [6, 6.07) is 13.2. The van der Waals surface area contributed by atoms with Gasteiger partial charge in [-0.15, -0.1) is 0 Å². The summed E-state index contributed by atoms with van der Waals surface area (Å²) in [5, 5.41) is 10.2. The Labute approximate surface area is 155 Å². The molecule has 1 fully saturated rings. The van der Waals surface area contributed by atoms with E-state index in [-0.39, 0.29) is 4.90 Å². The van der Waals surface area contributed by atoms with Gasteiger partial charge in [-0.05, 0) is 36.4 Å². The van der Waals surface area contributed by atoms with E-state index >= 15 is 0 Å². The number of para-hydroxylation sites is 1. The highest BCUT2D eigenvalue weighted by atomic mass is 79.9. The van der Waals surface area contributed by atoms with Gasteiger partial charge in [0.25, 0.3) is 10.0 Å². The van der Waals surface area contributed by atoms with Gasteiger partial charge in [0.05, 0.1) is 34.2 Å². The van der Waals surface area contributed by atoms with Crippen LogP contribution in [-0.4, -0.2) is 45.6 Å². The highest BCUT2D eigenvalue weighted by molar-refractivity contribution is 9.10. The summed E-state index contributed by atoms with van der Waals surface area (Å²) in [7, 11) is -7.56. The van der Waals surface area contributed by atoms with Gasteiger partial charge in [0.1, 0.15) is 0 Å². The van der Waals surface area contributed by atoms with Crippen molar-refractivity contribution in [2.24, 2.45) is 0 Å². The monoisotopic (exact) mass is 445 g/mol. The largest absolute Gasteiger partial charge is 0.390 e. The molecule has 0 bridgehead atoms. The Morgan fingerprint density at radius 2 is 1.60 bits per heavy atom. The van der Waals surface area contributed by atoms with Gasteiger partial charge < -0.3 is 5.11 Å². The SMILES string of the molecule is O=S1(=O)C[C@H](O)[C@@H](N(c2ccccc2)S(=O)(=O)c2ccc(Br)cc2)C1. The Balaban J connectivity index is 2.13. The number of sulfone groups is 1. The first-order chi connectivity index (χ1) is 11.7. The van der Waals surface area contributed by atoms with Gasteiger partial charge in [-0.3, -0.25) is 4.31 Å². The molecule has 1 saturated heterocycles. The second-order valence-electron chi connectivity index (χ2n) is 5.80. The van der Waals surface area contributed by atoms with Crippen molar-refractivity contribution in [2.75, 3.05) is 15.8 Å². The molecule has 1 N–H and O–H groups in total. The van der Waals surface area contributed by atoms with Gasteiger partial charge in [-0.25, -0.2) is 16.8 Å². The van der Waals surface area contributed by atoms with Gasteiger partial charge in [-0.2, -0.15) is 0 Å². The Bertz CT molecular complexity index is 959. The molecule has 0 unspecified atom stereocenters. The zero-order valence-electron chi connectivity index (χ0n) is 13.0. The number of rotatable bonds is 4. The minimum atomic E-state index is -4.05. The van der Waals surface area contributed by atoms with E-state index in [4.69, 9.17) is 0 Å². The summed E-state index contributed by atoms with van der Waals surface area (Å²) >= 11 is 3.26. The second kappa shape index (κ2) is 6.71. The van der Waals surface area contributed by atoms with E-state index in [1.165, 1.54) is 12.1 Å². The van der Waals surface area contributed by atoms with Crippen LogP contribution in [0.25, 0.3) is 0 Å². The van der Waals surface area contributed by atoms with E-state index in [0.29, 0.717) is 5.69 Å². The Morgan fingerprint density at radius 3 is 2.12 bits per heavy atom. The maximum atomic E-state index is 13.2. The molecule has 0 aromatic heterocycles. The Kier molecular flexibility index (Phi) is 4.93.